The smallest absolute Gasteiger partial charge is 0.227 e. The van der Waals surface area contributed by atoms with Gasteiger partial charge in [0.2, 0.25) is 15.8 Å². The summed E-state index contributed by atoms with van der Waals surface area (Å²) in [7, 11) is -2.27. The number of ether oxygens (including phenoxy) is 1. The molecule has 8 nitrogen and oxygen atoms in total. The van der Waals surface area contributed by atoms with E-state index in [9.17, 15) is 8.42 Å². The van der Waals surface area contributed by atoms with Gasteiger partial charge in [-0.3, -0.25) is 4.90 Å². The molecule has 146 valence electrons. The molecule has 0 bridgehead atoms. The van der Waals surface area contributed by atoms with Gasteiger partial charge in [0.25, 0.3) is 0 Å². The zero-order valence-electron chi connectivity index (χ0n) is 15.8. The van der Waals surface area contributed by atoms with E-state index in [2.05, 4.69) is 28.7 Å². The number of rotatable bonds is 5. The van der Waals surface area contributed by atoms with Crippen LogP contribution in [-0.4, -0.2) is 62.6 Å². The Labute approximate surface area is 159 Å². The van der Waals surface area contributed by atoms with Gasteiger partial charge in [-0.05, 0) is 38.1 Å². The first-order valence-corrected chi connectivity index (χ1v) is 10.3. The van der Waals surface area contributed by atoms with E-state index in [1.165, 1.54) is 25.4 Å². The van der Waals surface area contributed by atoms with Crippen LogP contribution in [0.3, 0.4) is 0 Å². The Bertz CT molecular complexity index is 892. The van der Waals surface area contributed by atoms with Gasteiger partial charge in [-0.2, -0.15) is 4.98 Å². The van der Waals surface area contributed by atoms with Crippen molar-refractivity contribution in [2.45, 2.75) is 29.7 Å². The summed E-state index contributed by atoms with van der Waals surface area (Å²) in [6.45, 7) is 7.72. The largest absolute Gasteiger partial charge is 0.497 e. The van der Waals surface area contributed by atoms with E-state index in [1.54, 1.807) is 12.1 Å². The lowest BCUT2D eigenvalue weighted by Gasteiger charge is -2.36. The second-order valence-corrected chi connectivity index (χ2v) is 8.63. The molecule has 1 aliphatic heterocycles. The van der Waals surface area contributed by atoms with E-state index in [0.29, 0.717) is 17.7 Å². The number of methoxy groups -OCH3 is 1. The maximum atomic E-state index is 12.8. The summed E-state index contributed by atoms with van der Waals surface area (Å²) in [5.41, 5.74) is 5.99. The molecule has 1 aliphatic rings. The molecule has 27 heavy (non-hydrogen) atoms. The van der Waals surface area contributed by atoms with Gasteiger partial charge < -0.3 is 15.4 Å². The van der Waals surface area contributed by atoms with Crippen molar-refractivity contribution < 1.29 is 13.2 Å². The number of hydrogen-bond donors (Lipinski definition) is 1. The van der Waals surface area contributed by atoms with Crippen molar-refractivity contribution in [2.24, 2.45) is 0 Å². The number of piperazine rings is 1. The Balaban J connectivity index is 1.82. The van der Waals surface area contributed by atoms with Gasteiger partial charge in [0.15, 0.2) is 0 Å². The van der Waals surface area contributed by atoms with Gasteiger partial charge in [-0.15, -0.1) is 0 Å². The van der Waals surface area contributed by atoms with Crippen molar-refractivity contribution in [1.82, 2.24) is 14.9 Å². The van der Waals surface area contributed by atoms with E-state index in [4.69, 9.17) is 10.5 Å². The maximum absolute atomic E-state index is 12.8. The molecule has 1 aromatic heterocycles. The molecule has 0 amide bonds. The SMILES string of the molecule is COc1ccc(S(=O)(=O)c2cnc(N3CCN(C(C)C)CC3)nc2N)cc1. The van der Waals surface area contributed by atoms with Crippen molar-refractivity contribution >= 4 is 21.6 Å². The van der Waals surface area contributed by atoms with Crippen LogP contribution < -0.4 is 15.4 Å². The number of nitrogens with two attached hydrogens (primary N) is 1. The highest BCUT2D eigenvalue weighted by Crippen LogP contribution is 2.27. The highest BCUT2D eigenvalue weighted by molar-refractivity contribution is 7.91. The summed E-state index contributed by atoms with van der Waals surface area (Å²) >= 11 is 0. The van der Waals surface area contributed by atoms with Gasteiger partial charge in [-0.1, -0.05) is 0 Å². The molecular weight excluding hydrogens is 366 g/mol. The zero-order chi connectivity index (χ0) is 19.6. The summed E-state index contributed by atoms with van der Waals surface area (Å²) < 4.78 is 30.7. The number of nitrogens with zero attached hydrogens (tertiary/aromatic N) is 4. The fraction of sp³-hybridized carbons (Fsp3) is 0.444. The van der Waals surface area contributed by atoms with Gasteiger partial charge >= 0.3 is 0 Å². The summed E-state index contributed by atoms with van der Waals surface area (Å²) in [5.74, 6) is 1.00. The van der Waals surface area contributed by atoms with Crippen molar-refractivity contribution in [1.29, 1.82) is 0 Å². The number of aromatic nitrogens is 2. The molecule has 1 fully saturated rings. The number of benzene rings is 1. The molecule has 2 heterocycles. The first kappa shape index (κ1) is 19.4. The van der Waals surface area contributed by atoms with Crippen LogP contribution in [0.4, 0.5) is 11.8 Å². The van der Waals surface area contributed by atoms with Crippen LogP contribution in [0.15, 0.2) is 40.3 Å². The number of sulfone groups is 1. The van der Waals surface area contributed by atoms with E-state index < -0.39 is 9.84 Å². The minimum Gasteiger partial charge on any atom is -0.497 e. The average Bonchev–Trinajstić information content (AvgIpc) is 2.67. The third-order valence-electron chi connectivity index (χ3n) is 4.76. The minimum atomic E-state index is -3.79. The Kier molecular flexibility index (Phi) is 5.52. The fourth-order valence-corrected chi connectivity index (χ4v) is 4.31. The molecule has 0 unspecified atom stereocenters. The van der Waals surface area contributed by atoms with Crippen LogP contribution in [0.1, 0.15) is 13.8 Å². The quantitative estimate of drug-likeness (QED) is 0.817. The predicted octanol–water partition coefficient (Wildman–Crippen LogP) is 1.43. The predicted molar refractivity (Wildman–Crippen MR) is 104 cm³/mol. The third-order valence-corrected chi connectivity index (χ3v) is 6.54. The van der Waals surface area contributed by atoms with Crippen LogP contribution >= 0.6 is 0 Å². The van der Waals surface area contributed by atoms with Crippen molar-refractivity contribution in [3.05, 3.63) is 30.5 Å². The lowest BCUT2D eigenvalue weighted by Crippen LogP contribution is -2.49. The molecule has 3 rings (SSSR count). The van der Waals surface area contributed by atoms with Gasteiger partial charge in [0, 0.05) is 32.2 Å². The first-order chi connectivity index (χ1) is 12.8. The second kappa shape index (κ2) is 7.69. The molecule has 0 atom stereocenters. The molecule has 0 aliphatic carbocycles. The highest BCUT2D eigenvalue weighted by atomic mass is 32.2. The van der Waals surface area contributed by atoms with Crippen LogP contribution in [0.25, 0.3) is 0 Å². The molecule has 9 heteroatoms. The van der Waals surface area contributed by atoms with Gasteiger partial charge in [0.05, 0.1) is 18.2 Å². The zero-order valence-corrected chi connectivity index (χ0v) is 16.6. The minimum absolute atomic E-state index is 0.0397. The monoisotopic (exact) mass is 391 g/mol. The van der Waals surface area contributed by atoms with E-state index in [-0.39, 0.29) is 15.6 Å². The van der Waals surface area contributed by atoms with Gasteiger partial charge in [-0.25, -0.2) is 13.4 Å². The number of anilines is 2. The van der Waals surface area contributed by atoms with Crippen molar-refractivity contribution in [2.75, 3.05) is 43.9 Å². The topological polar surface area (TPSA) is 102 Å². The number of nitrogen functional groups attached to an aromatic ring is 1. The normalized spacial score (nSPS) is 15.9. The molecule has 2 N–H and O–H groups in total. The van der Waals surface area contributed by atoms with Gasteiger partial charge in [0.1, 0.15) is 16.5 Å². The second-order valence-electron chi connectivity index (χ2n) is 6.72. The van der Waals surface area contributed by atoms with Crippen LogP contribution in [0, 0.1) is 0 Å². The molecule has 1 saturated heterocycles. The average molecular weight is 391 g/mol. The molecule has 0 spiro atoms. The van der Waals surface area contributed by atoms with E-state index in [1.807, 2.05) is 4.90 Å². The summed E-state index contributed by atoms with van der Waals surface area (Å²) in [6, 6.07) is 6.63. The van der Waals surface area contributed by atoms with Crippen molar-refractivity contribution in [3.8, 4) is 5.75 Å². The van der Waals surface area contributed by atoms with Crippen LogP contribution in [0.2, 0.25) is 0 Å². The summed E-state index contributed by atoms with van der Waals surface area (Å²) in [6.07, 6.45) is 1.30. The standard InChI is InChI=1S/C18H25N5O3S/c1-13(2)22-8-10-23(11-9-22)18-20-12-16(17(19)21-18)27(24,25)15-6-4-14(26-3)5-7-15/h4-7,12-13H,8-11H2,1-3H3,(H2,19,20,21). The number of hydrogen-bond acceptors (Lipinski definition) is 8. The molecular formula is C18H25N5O3S. The highest BCUT2D eigenvalue weighted by Gasteiger charge is 2.25. The van der Waals surface area contributed by atoms with Crippen LogP contribution in [0.5, 0.6) is 5.75 Å². The Morgan fingerprint density at radius 1 is 1.11 bits per heavy atom. The lowest BCUT2D eigenvalue weighted by atomic mass is 10.2. The molecule has 0 saturated carbocycles. The van der Waals surface area contributed by atoms with E-state index >= 15 is 0 Å². The molecule has 1 aromatic carbocycles. The van der Waals surface area contributed by atoms with Crippen molar-refractivity contribution in [3.63, 3.8) is 0 Å². The Hall–Kier alpha value is -2.39. The fourth-order valence-electron chi connectivity index (χ4n) is 3.05. The van der Waals surface area contributed by atoms with E-state index in [0.717, 1.165) is 26.2 Å². The molecule has 0 radical (unpaired) electrons. The lowest BCUT2D eigenvalue weighted by molar-refractivity contribution is 0.208. The van der Waals surface area contributed by atoms with Crippen LogP contribution in [-0.2, 0) is 9.84 Å². The maximum Gasteiger partial charge on any atom is 0.227 e. The first-order valence-electron chi connectivity index (χ1n) is 8.83. The Morgan fingerprint density at radius 3 is 2.26 bits per heavy atom. The molecule has 2 aromatic rings. The summed E-state index contributed by atoms with van der Waals surface area (Å²) in [5, 5.41) is 0. The third kappa shape index (κ3) is 3.98. The summed E-state index contributed by atoms with van der Waals surface area (Å²) in [4.78, 5) is 13.0. The Morgan fingerprint density at radius 2 is 1.74 bits per heavy atom.